The van der Waals surface area contributed by atoms with Gasteiger partial charge >= 0.3 is 0 Å². The molecule has 1 atom stereocenters. The lowest BCUT2D eigenvalue weighted by atomic mass is 10.1. The van der Waals surface area contributed by atoms with Crippen LogP contribution in [0.4, 0.5) is 0 Å². The van der Waals surface area contributed by atoms with Crippen LogP contribution in [0.2, 0.25) is 0 Å². The standard InChI is InChI=1S/C4H7NO/c1-3-4(6)2-5-3/h3,5H,2H2,1H3/t3-/m1/s1. The molecule has 1 fully saturated rings. The number of ketones is 1. The Kier molecular flexibility index (Phi) is 0.665. The first-order valence-corrected chi connectivity index (χ1v) is 2.07. The van der Waals surface area contributed by atoms with Crippen molar-refractivity contribution < 1.29 is 4.79 Å². The van der Waals surface area contributed by atoms with E-state index >= 15 is 0 Å². The quantitative estimate of drug-likeness (QED) is 0.431. The minimum Gasteiger partial charge on any atom is -0.301 e. The van der Waals surface area contributed by atoms with Gasteiger partial charge in [0.15, 0.2) is 5.78 Å². The molecular weight excluding hydrogens is 78.0 g/mol. The van der Waals surface area contributed by atoms with Gasteiger partial charge in [-0.1, -0.05) is 0 Å². The molecular formula is C4H7NO. The SMILES string of the molecule is C[C@H]1NCC1=O. The zero-order chi connectivity index (χ0) is 4.57. The Labute approximate surface area is 36.5 Å². The fourth-order valence-corrected chi connectivity index (χ4v) is 0.390. The van der Waals surface area contributed by atoms with Gasteiger partial charge in [-0.3, -0.25) is 4.79 Å². The van der Waals surface area contributed by atoms with Gasteiger partial charge < -0.3 is 5.32 Å². The van der Waals surface area contributed by atoms with Crippen molar-refractivity contribution in [1.29, 1.82) is 0 Å². The van der Waals surface area contributed by atoms with Crippen LogP contribution in [0.25, 0.3) is 0 Å². The largest absolute Gasteiger partial charge is 0.301 e. The van der Waals surface area contributed by atoms with E-state index in [-0.39, 0.29) is 6.04 Å². The first-order chi connectivity index (χ1) is 2.80. The Balaban J connectivity index is 2.39. The zero-order valence-electron chi connectivity index (χ0n) is 3.69. The first kappa shape index (κ1) is 3.81. The van der Waals surface area contributed by atoms with Crippen molar-refractivity contribution in [3.8, 4) is 0 Å². The van der Waals surface area contributed by atoms with Gasteiger partial charge in [0.1, 0.15) is 0 Å². The maximum atomic E-state index is 10.2. The lowest BCUT2D eigenvalue weighted by molar-refractivity contribution is -0.124. The van der Waals surface area contributed by atoms with Crippen LogP contribution in [0.1, 0.15) is 6.92 Å². The molecule has 0 radical (unpaired) electrons. The molecule has 1 aliphatic heterocycles. The van der Waals surface area contributed by atoms with Crippen molar-refractivity contribution in [3.63, 3.8) is 0 Å². The third-order valence-electron chi connectivity index (χ3n) is 1.07. The summed E-state index contributed by atoms with van der Waals surface area (Å²) in [6, 6.07) is 0.144. The molecule has 1 heterocycles. The fraction of sp³-hybridized carbons (Fsp3) is 0.750. The lowest BCUT2D eigenvalue weighted by Gasteiger charge is -2.20. The van der Waals surface area contributed by atoms with Gasteiger partial charge in [-0.05, 0) is 6.92 Å². The van der Waals surface area contributed by atoms with Crippen LogP contribution in [0.5, 0.6) is 0 Å². The predicted molar refractivity (Wildman–Crippen MR) is 22.5 cm³/mol. The monoisotopic (exact) mass is 85.1 g/mol. The van der Waals surface area contributed by atoms with Gasteiger partial charge in [0.2, 0.25) is 0 Å². The van der Waals surface area contributed by atoms with Crippen molar-refractivity contribution in [1.82, 2.24) is 5.32 Å². The van der Waals surface area contributed by atoms with Crippen molar-refractivity contribution in [2.24, 2.45) is 0 Å². The van der Waals surface area contributed by atoms with Crippen LogP contribution in [0.3, 0.4) is 0 Å². The molecule has 0 amide bonds. The summed E-state index contributed by atoms with van der Waals surface area (Å²) in [4.78, 5) is 10.2. The summed E-state index contributed by atoms with van der Waals surface area (Å²) in [6.07, 6.45) is 0. The van der Waals surface area contributed by atoms with Crippen LogP contribution < -0.4 is 5.32 Å². The minimum absolute atomic E-state index is 0.144. The van der Waals surface area contributed by atoms with Crippen LogP contribution in [0, 0.1) is 0 Å². The van der Waals surface area contributed by atoms with Gasteiger partial charge in [-0.25, -0.2) is 0 Å². The molecule has 0 unspecified atom stereocenters. The molecule has 0 aromatic carbocycles. The molecule has 0 aliphatic carbocycles. The second-order valence-electron chi connectivity index (χ2n) is 1.57. The Bertz CT molecular complexity index is 79.6. The van der Waals surface area contributed by atoms with Crippen LogP contribution in [0.15, 0.2) is 0 Å². The normalized spacial score (nSPS) is 32.8. The zero-order valence-corrected chi connectivity index (χ0v) is 3.69. The number of hydrogen-bond acceptors (Lipinski definition) is 2. The lowest BCUT2D eigenvalue weighted by Crippen LogP contribution is -2.51. The Morgan fingerprint density at radius 1 is 2.00 bits per heavy atom. The molecule has 34 valence electrons. The average Bonchev–Trinajstić information content (AvgIpc) is 1.61. The second kappa shape index (κ2) is 1.05. The van der Waals surface area contributed by atoms with Gasteiger partial charge in [-0.15, -0.1) is 0 Å². The third-order valence-corrected chi connectivity index (χ3v) is 1.07. The summed E-state index contributed by atoms with van der Waals surface area (Å²) < 4.78 is 0. The molecule has 6 heavy (non-hydrogen) atoms. The number of carbonyl (C=O) groups is 1. The maximum absolute atomic E-state index is 10.2. The molecule has 1 N–H and O–H groups in total. The van der Waals surface area contributed by atoms with E-state index in [1.807, 2.05) is 6.92 Å². The van der Waals surface area contributed by atoms with Crippen LogP contribution >= 0.6 is 0 Å². The topological polar surface area (TPSA) is 29.1 Å². The molecule has 1 saturated heterocycles. The minimum atomic E-state index is 0.144. The summed E-state index contributed by atoms with van der Waals surface area (Å²) in [7, 11) is 0. The highest BCUT2D eigenvalue weighted by atomic mass is 16.1. The smallest absolute Gasteiger partial charge is 0.163 e. The highest BCUT2D eigenvalue weighted by Crippen LogP contribution is 1.91. The molecule has 0 bridgehead atoms. The fourth-order valence-electron chi connectivity index (χ4n) is 0.390. The van der Waals surface area contributed by atoms with Gasteiger partial charge in [0.25, 0.3) is 0 Å². The summed E-state index contributed by atoms with van der Waals surface area (Å²) >= 11 is 0. The van der Waals surface area contributed by atoms with E-state index in [9.17, 15) is 4.79 Å². The van der Waals surface area contributed by atoms with E-state index in [2.05, 4.69) is 5.32 Å². The molecule has 0 spiro atoms. The number of carbonyl (C=O) groups excluding carboxylic acids is 1. The van der Waals surface area contributed by atoms with E-state index in [0.29, 0.717) is 12.3 Å². The van der Waals surface area contributed by atoms with Crippen molar-refractivity contribution in [2.45, 2.75) is 13.0 Å². The third kappa shape index (κ3) is 0.337. The van der Waals surface area contributed by atoms with Crippen molar-refractivity contribution in [3.05, 3.63) is 0 Å². The van der Waals surface area contributed by atoms with E-state index in [4.69, 9.17) is 0 Å². The van der Waals surface area contributed by atoms with Gasteiger partial charge in [0.05, 0.1) is 12.6 Å². The molecule has 0 aromatic rings. The van der Waals surface area contributed by atoms with Gasteiger partial charge in [-0.2, -0.15) is 0 Å². The summed E-state index contributed by atoms with van der Waals surface area (Å²) in [5.41, 5.74) is 0. The Hall–Kier alpha value is -0.370. The molecule has 1 aliphatic rings. The molecule has 2 heteroatoms. The highest BCUT2D eigenvalue weighted by Gasteiger charge is 2.20. The molecule has 0 saturated carbocycles. The van der Waals surface area contributed by atoms with E-state index < -0.39 is 0 Å². The van der Waals surface area contributed by atoms with Gasteiger partial charge in [0, 0.05) is 0 Å². The number of hydrogen-bond donors (Lipinski definition) is 1. The maximum Gasteiger partial charge on any atom is 0.163 e. The van der Waals surface area contributed by atoms with Crippen LogP contribution in [-0.4, -0.2) is 18.4 Å². The average molecular weight is 85.1 g/mol. The number of Topliss-reactive ketones (excluding diaryl/α,β-unsaturated/α-hetero) is 1. The Morgan fingerprint density at radius 2 is 2.50 bits per heavy atom. The first-order valence-electron chi connectivity index (χ1n) is 2.07. The summed E-state index contributed by atoms with van der Waals surface area (Å²) in [6.45, 7) is 2.45. The predicted octanol–water partition coefficient (Wildman–Crippen LogP) is -0.453. The highest BCUT2D eigenvalue weighted by molar-refractivity contribution is 5.90. The van der Waals surface area contributed by atoms with E-state index in [0.717, 1.165) is 0 Å². The summed E-state index contributed by atoms with van der Waals surface area (Å²) in [5, 5.41) is 2.91. The van der Waals surface area contributed by atoms with Crippen molar-refractivity contribution >= 4 is 5.78 Å². The van der Waals surface area contributed by atoms with Crippen molar-refractivity contribution in [2.75, 3.05) is 6.54 Å². The number of nitrogens with one attached hydrogen (secondary N) is 1. The van der Waals surface area contributed by atoms with E-state index in [1.54, 1.807) is 0 Å². The Morgan fingerprint density at radius 3 is 2.50 bits per heavy atom. The van der Waals surface area contributed by atoms with E-state index in [1.165, 1.54) is 0 Å². The summed E-state index contributed by atoms with van der Waals surface area (Å²) in [5.74, 6) is 0.329. The van der Waals surface area contributed by atoms with Crippen LogP contribution in [-0.2, 0) is 4.79 Å². The molecule has 0 aromatic heterocycles. The second-order valence-corrected chi connectivity index (χ2v) is 1.57. The molecule has 1 rings (SSSR count). The molecule has 2 nitrogen and oxygen atoms in total. The number of rotatable bonds is 0.